The smallest absolute Gasteiger partial charge is 0.335 e. The fraction of sp³-hybridized carbons (Fsp3) is 0.610. The Morgan fingerprint density at radius 3 is 2.59 bits per heavy atom. The van der Waals surface area contributed by atoms with Gasteiger partial charge in [-0.3, -0.25) is 0 Å². The Hall–Kier alpha value is -3.12. The molecule has 0 aromatic heterocycles. The van der Waals surface area contributed by atoms with Crippen molar-refractivity contribution in [3.63, 3.8) is 0 Å². The van der Waals surface area contributed by atoms with Crippen molar-refractivity contribution in [2.75, 3.05) is 13.2 Å². The average molecular weight is 713 g/mol. The van der Waals surface area contributed by atoms with Crippen molar-refractivity contribution in [3.8, 4) is 0 Å². The highest BCUT2D eigenvalue weighted by Gasteiger charge is 2.49. The maximum atomic E-state index is 13.0. The zero-order chi connectivity index (χ0) is 37.6. The van der Waals surface area contributed by atoms with E-state index >= 15 is 0 Å². The molecule has 2 saturated heterocycles. The van der Waals surface area contributed by atoms with Crippen molar-refractivity contribution in [2.24, 2.45) is 17.3 Å². The number of fused-ring (bicyclic) bond motifs is 4. The molecule has 3 heterocycles. The summed E-state index contributed by atoms with van der Waals surface area (Å²) in [6.07, 6.45) is 18.4. The fourth-order valence-corrected chi connectivity index (χ4v) is 6.40. The van der Waals surface area contributed by atoms with Gasteiger partial charge in [-0.25, -0.2) is 9.59 Å². The van der Waals surface area contributed by atoms with Gasteiger partial charge in [0.2, 0.25) is 0 Å². The van der Waals surface area contributed by atoms with Gasteiger partial charge in [-0.15, -0.1) is 0 Å². The summed E-state index contributed by atoms with van der Waals surface area (Å²) in [6.45, 7) is 13.1. The van der Waals surface area contributed by atoms with Crippen LogP contribution in [0.3, 0.4) is 0 Å². The molecule has 4 N–H and O–H groups in total. The topological polar surface area (TPSA) is 152 Å². The number of carbonyl (C=O) groups excluding carboxylic acids is 2. The third-order valence-corrected chi connectivity index (χ3v) is 9.86. The molecule has 284 valence electrons. The van der Waals surface area contributed by atoms with E-state index in [1.165, 1.54) is 6.08 Å². The number of aliphatic hydroxyl groups is 4. The third-order valence-electron chi connectivity index (χ3n) is 9.86. The lowest BCUT2D eigenvalue weighted by Gasteiger charge is -2.47. The lowest BCUT2D eigenvalue weighted by molar-refractivity contribution is -0.198. The van der Waals surface area contributed by atoms with Crippen LogP contribution in [0, 0.1) is 17.3 Å². The molecule has 0 amide bonds. The predicted octanol–water partition coefficient (Wildman–Crippen LogP) is 5.38. The first kappa shape index (κ1) is 42.3. The van der Waals surface area contributed by atoms with Crippen molar-refractivity contribution in [3.05, 3.63) is 84.6 Å². The Morgan fingerprint density at radius 1 is 1.10 bits per heavy atom. The quantitative estimate of drug-likeness (QED) is 0.162. The molecule has 0 radical (unpaired) electrons. The average Bonchev–Trinajstić information content (AvgIpc) is 3.07. The fourth-order valence-electron chi connectivity index (χ4n) is 6.40. The minimum absolute atomic E-state index is 0.00418. The maximum Gasteiger partial charge on any atom is 0.335 e. The lowest BCUT2D eigenvalue weighted by Crippen LogP contribution is -2.55. The van der Waals surface area contributed by atoms with Crippen molar-refractivity contribution in [1.29, 1.82) is 0 Å². The van der Waals surface area contributed by atoms with Crippen LogP contribution in [0.4, 0.5) is 0 Å². The van der Waals surface area contributed by atoms with Gasteiger partial charge in [0.05, 0.1) is 48.6 Å². The molecule has 10 nitrogen and oxygen atoms in total. The number of allylic oxidation sites excluding steroid dienone is 6. The number of aliphatic hydroxyl groups excluding tert-OH is 4. The first-order valence-corrected chi connectivity index (χ1v) is 18.2. The summed E-state index contributed by atoms with van der Waals surface area (Å²) in [5.41, 5.74) is 0.477. The van der Waals surface area contributed by atoms with Crippen LogP contribution in [-0.2, 0) is 28.5 Å². The highest BCUT2D eigenvalue weighted by molar-refractivity contribution is 5.82. The SMILES string of the molecule is C=C(COC(=O)[C@@H](O)C/C=C\C[C@@H]1O[C@@H]2/C=C/C/C=C/C(C)=C\[C@H]3O[C@@H](C/C=C/C=C/C(=O)O[C@H](C2)[C@@]1(C)CO)C[C@H](O)[C@H]3C)C(O)CC(C)C. The second-order valence-corrected chi connectivity index (χ2v) is 14.7. The number of carbonyl (C=O) groups is 2. The number of rotatable bonds is 11. The van der Waals surface area contributed by atoms with Crippen molar-refractivity contribution >= 4 is 11.9 Å². The van der Waals surface area contributed by atoms with Gasteiger partial charge in [-0.05, 0) is 44.1 Å². The Kier molecular flexibility index (Phi) is 17.2. The highest BCUT2D eigenvalue weighted by atomic mass is 16.6. The van der Waals surface area contributed by atoms with Crippen LogP contribution in [0.5, 0.6) is 0 Å². The Bertz CT molecular complexity index is 1330. The molecule has 4 bridgehead atoms. The summed E-state index contributed by atoms with van der Waals surface area (Å²) >= 11 is 0. The van der Waals surface area contributed by atoms with E-state index in [1.807, 2.05) is 65.0 Å². The Balaban J connectivity index is 1.71. The molecule has 3 aliphatic rings. The second-order valence-electron chi connectivity index (χ2n) is 14.7. The molecule has 1 unspecified atom stereocenters. The second kappa shape index (κ2) is 20.8. The Morgan fingerprint density at radius 2 is 1.86 bits per heavy atom. The molecule has 0 aromatic rings. The van der Waals surface area contributed by atoms with E-state index < -0.39 is 54.0 Å². The highest BCUT2D eigenvalue weighted by Crippen LogP contribution is 2.41. The summed E-state index contributed by atoms with van der Waals surface area (Å²) in [4.78, 5) is 25.3. The summed E-state index contributed by atoms with van der Waals surface area (Å²) < 4.78 is 23.8. The van der Waals surface area contributed by atoms with E-state index in [1.54, 1.807) is 24.3 Å². The van der Waals surface area contributed by atoms with Gasteiger partial charge in [0.1, 0.15) is 12.7 Å². The molecular weight excluding hydrogens is 652 g/mol. The van der Waals surface area contributed by atoms with Gasteiger partial charge in [0.15, 0.2) is 6.10 Å². The standard InChI is InChI=1S/C41H60O10/c1-27(2)21-34(44)29(4)25-48-40(47)33(43)18-13-14-19-37-41(6,26-42)38-24-32(50-37)17-10-7-9-15-28(3)22-36-30(5)35(45)23-31(49-36)16-11-8-12-20-39(46)51-38/h8-15,17,20,22,27,30-38,42-45H,4,7,16,18-19,21,23-26H2,1-3,5-6H3/b11-8+,14-13-,15-9+,17-10+,20-12+,28-22-/t30-,31+,32-,33+,34?,35+,36-,37+,38-,41+/m1/s1. The van der Waals surface area contributed by atoms with Crippen molar-refractivity contribution < 1.29 is 49.0 Å². The number of ether oxygens (including phenoxy) is 4. The number of hydrogen-bond acceptors (Lipinski definition) is 10. The van der Waals surface area contributed by atoms with E-state index in [2.05, 4.69) is 12.7 Å². The van der Waals surface area contributed by atoms with E-state index in [4.69, 9.17) is 18.9 Å². The van der Waals surface area contributed by atoms with Crippen molar-refractivity contribution in [2.45, 2.75) is 128 Å². The molecule has 51 heavy (non-hydrogen) atoms. The first-order chi connectivity index (χ1) is 24.2. The van der Waals surface area contributed by atoms with Gasteiger partial charge in [-0.1, -0.05) is 101 Å². The van der Waals surface area contributed by atoms with Crippen LogP contribution in [0.2, 0.25) is 0 Å². The van der Waals surface area contributed by atoms with Crippen LogP contribution in [0.25, 0.3) is 0 Å². The summed E-state index contributed by atoms with van der Waals surface area (Å²) in [6, 6.07) is 0. The predicted molar refractivity (Wildman–Crippen MR) is 196 cm³/mol. The molecule has 0 saturated carbocycles. The molecule has 10 heteroatoms. The molecule has 2 fully saturated rings. The lowest BCUT2D eigenvalue weighted by atomic mass is 9.73. The van der Waals surface area contributed by atoms with Crippen molar-refractivity contribution in [1.82, 2.24) is 0 Å². The summed E-state index contributed by atoms with van der Waals surface area (Å²) in [5.74, 6) is -1.13. The van der Waals surface area contributed by atoms with E-state index in [-0.39, 0.29) is 43.7 Å². The minimum atomic E-state index is -1.40. The molecule has 0 spiro atoms. The molecule has 3 aliphatic heterocycles. The molecule has 0 aliphatic carbocycles. The maximum absolute atomic E-state index is 13.0. The monoisotopic (exact) mass is 712 g/mol. The largest absolute Gasteiger partial charge is 0.459 e. The van der Waals surface area contributed by atoms with Gasteiger partial charge < -0.3 is 39.4 Å². The third kappa shape index (κ3) is 13.4. The van der Waals surface area contributed by atoms with Crippen LogP contribution in [0.1, 0.15) is 79.6 Å². The van der Waals surface area contributed by atoms with Crippen LogP contribution in [0.15, 0.2) is 84.6 Å². The van der Waals surface area contributed by atoms with Gasteiger partial charge in [0.25, 0.3) is 0 Å². The van der Waals surface area contributed by atoms with E-state index in [9.17, 15) is 30.0 Å². The summed E-state index contributed by atoms with van der Waals surface area (Å²) in [7, 11) is 0. The first-order valence-electron chi connectivity index (χ1n) is 18.2. The summed E-state index contributed by atoms with van der Waals surface area (Å²) in [5, 5.41) is 41.7. The van der Waals surface area contributed by atoms with E-state index in [0.717, 1.165) is 5.57 Å². The zero-order valence-electron chi connectivity index (χ0n) is 30.9. The minimum Gasteiger partial charge on any atom is -0.459 e. The van der Waals surface area contributed by atoms with Gasteiger partial charge in [-0.2, -0.15) is 0 Å². The van der Waals surface area contributed by atoms with Crippen LogP contribution < -0.4 is 0 Å². The van der Waals surface area contributed by atoms with Gasteiger partial charge in [0, 0.05) is 31.3 Å². The zero-order valence-corrected chi connectivity index (χ0v) is 30.9. The van der Waals surface area contributed by atoms with Crippen LogP contribution in [-0.4, -0.2) is 94.4 Å². The van der Waals surface area contributed by atoms with Crippen LogP contribution >= 0.6 is 0 Å². The molecule has 10 atom stereocenters. The molecule has 3 rings (SSSR count). The molecular formula is C41H60O10. The normalized spacial score (nSPS) is 35.5. The number of hydrogen-bond donors (Lipinski definition) is 4. The van der Waals surface area contributed by atoms with Gasteiger partial charge >= 0.3 is 11.9 Å². The Labute approximate surface area is 303 Å². The number of esters is 2. The molecule has 0 aromatic carbocycles. The van der Waals surface area contributed by atoms with E-state index in [0.29, 0.717) is 44.1 Å².